The summed E-state index contributed by atoms with van der Waals surface area (Å²) in [6.45, 7) is 0. The summed E-state index contributed by atoms with van der Waals surface area (Å²) < 4.78 is 13.6. The first-order valence-electron chi connectivity index (χ1n) is 16.0. The number of aromatic nitrogens is 1. The Bertz CT molecular complexity index is 2480. The molecule has 1 aliphatic heterocycles. The number of benzene rings is 7. The van der Waals surface area contributed by atoms with Crippen molar-refractivity contribution in [1.82, 2.24) is 4.98 Å². The van der Waals surface area contributed by atoms with E-state index in [4.69, 9.17) is 14.5 Å². The van der Waals surface area contributed by atoms with Gasteiger partial charge in [-0.2, -0.15) is 0 Å². The van der Waals surface area contributed by atoms with E-state index in [0.29, 0.717) is 23.0 Å². The number of nitrogens with zero attached hydrogens (tertiary/aromatic N) is 1. The first-order chi connectivity index (χ1) is 23.3. The van der Waals surface area contributed by atoms with Crippen LogP contribution in [0.1, 0.15) is 22.3 Å². The molecule has 0 saturated carbocycles. The highest BCUT2D eigenvalue weighted by Gasteiger charge is 2.47. The predicted octanol–water partition coefficient (Wildman–Crippen LogP) is 11.3. The first kappa shape index (κ1) is 26.1. The van der Waals surface area contributed by atoms with Crippen LogP contribution in [0.4, 0.5) is 0 Å². The van der Waals surface area contributed by atoms with Gasteiger partial charge in [-0.05, 0) is 69.1 Å². The summed E-state index contributed by atoms with van der Waals surface area (Å²) in [4.78, 5) is 5.19. The number of para-hydroxylation sites is 1. The minimum Gasteiger partial charge on any atom is -0.449 e. The van der Waals surface area contributed by atoms with Crippen LogP contribution in [0.25, 0.3) is 44.1 Å². The van der Waals surface area contributed by atoms with E-state index < -0.39 is 5.41 Å². The summed E-state index contributed by atoms with van der Waals surface area (Å²) in [7, 11) is 0. The third kappa shape index (κ3) is 3.71. The minimum absolute atomic E-state index is 0.520. The minimum atomic E-state index is -0.520. The number of rotatable bonds is 3. The Morgan fingerprint density at radius 3 is 1.91 bits per heavy atom. The van der Waals surface area contributed by atoms with Gasteiger partial charge in [0.15, 0.2) is 23.0 Å². The summed E-state index contributed by atoms with van der Waals surface area (Å²) in [5.74, 6) is 2.75. The number of pyridine rings is 1. The van der Waals surface area contributed by atoms with Gasteiger partial charge in [0.1, 0.15) is 0 Å². The van der Waals surface area contributed by atoms with Crippen molar-refractivity contribution in [3.63, 3.8) is 0 Å². The summed E-state index contributed by atoms with van der Waals surface area (Å²) >= 11 is 0. The lowest BCUT2D eigenvalue weighted by atomic mass is 9.67. The molecule has 0 spiro atoms. The largest absolute Gasteiger partial charge is 0.449 e. The number of hydrogen-bond donors (Lipinski definition) is 0. The van der Waals surface area contributed by atoms with Gasteiger partial charge in [-0.25, -0.2) is 4.98 Å². The van der Waals surface area contributed by atoms with Gasteiger partial charge in [0.05, 0.1) is 16.6 Å². The van der Waals surface area contributed by atoms with Gasteiger partial charge in [0, 0.05) is 16.3 Å². The molecule has 0 N–H and O–H groups in total. The van der Waals surface area contributed by atoms with Crippen molar-refractivity contribution in [2.75, 3.05) is 0 Å². The van der Waals surface area contributed by atoms with Crippen molar-refractivity contribution in [3.8, 4) is 45.4 Å². The average Bonchev–Trinajstić information content (AvgIpc) is 3.43. The van der Waals surface area contributed by atoms with E-state index in [2.05, 4.69) is 152 Å². The molecular formula is C44H27NO2. The SMILES string of the molecule is c1ccc(C2(c3ccccc3)c3ccccc3-c3cc4c(cc32)Oc2c(cccc2-c2ccc3ccc5ccccc5c3n2)O4)cc1. The molecule has 2 aliphatic rings. The maximum atomic E-state index is 6.89. The molecule has 8 aromatic rings. The lowest BCUT2D eigenvalue weighted by Crippen LogP contribution is -2.28. The van der Waals surface area contributed by atoms with Crippen LogP contribution in [-0.4, -0.2) is 4.98 Å². The molecule has 220 valence electrons. The second-order valence-electron chi connectivity index (χ2n) is 12.3. The van der Waals surface area contributed by atoms with Crippen LogP contribution in [0.3, 0.4) is 0 Å². The summed E-state index contributed by atoms with van der Waals surface area (Å²) in [6.07, 6.45) is 0. The Balaban J connectivity index is 1.17. The summed E-state index contributed by atoms with van der Waals surface area (Å²) in [5.41, 5.74) is 9.39. The van der Waals surface area contributed by atoms with E-state index in [1.54, 1.807) is 0 Å². The molecule has 2 heterocycles. The molecule has 0 fully saturated rings. The maximum Gasteiger partial charge on any atom is 0.179 e. The molecule has 0 saturated heterocycles. The zero-order valence-electron chi connectivity index (χ0n) is 25.4. The van der Waals surface area contributed by atoms with Crippen LogP contribution in [0.2, 0.25) is 0 Å². The fourth-order valence-corrected chi connectivity index (χ4v) is 7.75. The van der Waals surface area contributed by atoms with Crippen molar-refractivity contribution >= 4 is 21.7 Å². The van der Waals surface area contributed by atoms with Crippen molar-refractivity contribution < 1.29 is 9.47 Å². The Kier molecular flexibility index (Phi) is 5.49. The van der Waals surface area contributed by atoms with Gasteiger partial charge in [-0.1, -0.05) is 133 Å². The maximum absolute atomic E-state index is 6.89. The standard InChI is InChI=1S/C44H27NO2/c1-3-13-30(14-4-1)44(31-15-5-2-6-16-31)36-20-10-9-18-33(36)35-26-40-41(27-37(35)44)47-43-34(19-11-21-39(43)46-40)38-25-24-29-23-22-28-12-7-8-17-32(28)42(29)45-38/h1-27H. The molecule has 0 bridgehead atoms. The van der Waals surface area contributed by atoms with Crippen LogP contribution in [0.15, 0.2) is 164 Å². The van der Waals surface area contributed by atoms with E-state index >= 15 is 0 Å². The van der Waals surface area contributed by atoms with Crippen LogP contribution < -0.4 is 9.47 Å². The van der Waals surface area contributed by atoms with Gasteiger partial charge in [-0.15, -0.1) is 0 Å². The quantitative estimate of drug-likeness (QED) is 0.189. The van der Waals surface area contributed by atoms with Crippen molar-refractivity contribution in [2.24, 2.45) is 0 Å². The van der Waals surface area contributed by atoms with Gasteiger partial charge >= 0.3 is 0 Å². The second-order valence-corrected chi connectivity index (χ2v) is 12.3. The zero-order valence-corrected chi connectivity index (χ0v) is 25.4. The van der Waals surface area contributed by atoms with Crippen molar-refractivity contribution in [3.05, 3.63) is 186 Å². The van der Waals surface area contributed by atoms with Gasteiger partial charge in [-0.3, -0.25) is 0 Å². The van der Waals surface area contributed by atoms with Gasteiger partial charge in [0.25, 0.3) is 0 Å². The third-order valence-electron chi connectivity index (χ3n) is 9.79. The van der Waals surface area contributed by atoms with Crippen LogP contribution in [0.5, 0.6) is 23.0 Å². The highest BCUT2D eigenvalue weighted by atomic mass is 16.6. The summed E-state index contributed by atoms with van der Waals surface area (Å²) in [5, 5.41) is 3.41. The average molecular weight is 602 g/mol. The van der Waals surface area contributed by atoms with E-state index in [1.807, 2.05) is 12.1 Å². The van der Waals surface area contributed by atoms with Crippen molar-refractivity contribution in [1.29, 1.82) is 0 Å². The molecular weight excluding hydrogens is 574 g/mol. The Labute approximate surface area is 272 Å². The molecule has 3 heteroatoms. The number of fused-ring (bicyclic) bond motifs is 8. The summed E-state index contributed by atoms with van der Waals surface area (Å²) in [6, 6.07) is 57.6. The fraction of sp³-hybridized carbons (Fsp3) is 0.0227. The lowest BCUT2D eigenvalue weighted by Gasteiger charge is -2.34. The molecule has 1 aromatic heterocycles. The third-order valence-corrected chi connectivity index (χ3v) is 9.79. The van der Waals surface area contributed by atoms with Gasteiger partial charge < -0.3 is 9.47 Å². The van der Waals surface area contributed by atoms with Crippen LogP contribution in [-0.2, 0) is 5.41 Å². The van der Waals surface area contributed by atoms with E-state index in [0.717, 1.165) is 33.1 Å². The molecule has 10 rings (SSSR count). The molecule has 0 amide bonds. The second kappa shape index (κ2) is 9.90. The van der Waals surface area contributed by atoms with Crippen molar-refractivity contribution in [2.45, 2.75) is 5.41 Å². The smallest absolute Gasteiger partial charge is 0.179 e. The zero-order chi connectivity index (χ0) is 31.0. The van der Waals surface area contributed by atoms with E-state index in [9.17, 15) is 0 Å². The predicted molar refractivity (Wildman–Crippen MR) is 189 cm³/mol. The van der Waals surface area contributed by atoms with Crippen LogP contribution in [0, 0.1) is 0 Å². The molecule has 0 radical (unpaired) electrons. The van der Waals surface area contributed by atoms with Crippen LogP contribution >= 0.6 is 0 Å². The molecule has 1 aliphatic carbocycles. The Morgan fingerprint density at radius 1 is 0.426 bits per heavy atom. The normalized spacial score (nSPS) is 13.6. The topological polar surface area (TPSA) is 31.4 Å². The fourth-order valence-electron chi connectivity index (χ4n) is 7.75. The lowest BCUT2D eigenvalue weighted by molar-refractivity contribution is 0.360. The first-order valence-corrected chi connectivity index (χ1v) is 16.0. The highest BCUT2D eigenvalue weighted by Crippen LogP contribution is 2.60. The highest BCUT2D eigenvalue weighted by molar-refractivity contribution is 6.05. The molecule has 0 unspecified atom stereocenters. The van der Waals surface area contributed by atoms with E-state index in [1.165, 1.54) is 33.2 Å². The molecule has 3 nitrogen and oxygen atoms in total. The van der Waals surface area contributed by atoms with Gasteiger partial charge in [0.2, 0.25) is 0 Å². The number of hydrogen-bond acceptors (Lipinski definition) is 3. The molecule has 0 atom stereocenters. The molecule has 7 aromatic carbocycles. The Morgan fingerprint density at radius 2 is 1.09 bits per heavy atom. The number of ether oxygens (including phenoxy) is 2. The van der Waals surface area contributed by atoms with E-state index in [-0.39, 0.29) is 0 Å². The monoisotopic (exact) mass is 601 g/mol. The Hall–Kier alpha value is -6.19. The molecule has 47 heavy (non-hydrogen) atoms.